The van der Waals surface area contributed by atoms with Crippen LogP contribution in [0.3, 0.4) is 0 Å². The molecule has 0 aliphatic rings. The second-order valence-corrected chi connectivity index (χ2v) is 4.94. The maximum atomic E-state index is 12.0. The van der Waals surface area contributed by atoms with Crippen LogP contribution in [0.4, 0.5) is 0 Å². The maximum Gasteiger partial charge on any atom is 0.170 e. The van der Waals surface area contributed by atoms with Crippen LogP contribution in [0.1, 0.15) is 16.2 Å². The Morgan fingerprint density at radius 3 is 2.88 bits per heavy atom. The Labute approximate surface area is 113 Å². The fraction of sp³-hybridized carbons (Fsp3) is 0.167. The van der Waals surface area contributed by atoms with E-state index in [1.54, 1.807) is 24.4 Å². The van der Waals surface area contributed by atoms with E-state index in [1.807, 2.05) is 17.8 Å². The summed E-state index contributed by atoms with van der Waals surface area (Å²) in [5.41, 5.74) is 0.598. The Morgan fingerprint density at radius 2 is 2.29 bits per heavy atom. The molecule has 0 radical (unpaired) electrons. The first-order valence-corrected chi connectivity index (χ1v) is 6.19. The number of halogens is 2. The molecule has 0 atom stereocenters. The number of hydrogen-bond donors (Lipinski definition) is 0. The molecule has 88 valence electrons. The molecule has 5 heteroatoms. The van der Waals surface area contributed by atoms with Crippen molar-refractivity contribution in [2.24, 2.45) is 7.05 Å². The molecular formula is C12H10BrClN2O. The first kappa shape index (κ1) is 12.3. The lowest BCUT2D eigenvalue weighted by Gasteiger charge is -2.03. The summed E-state index contributed by atoms with van der Waals surface area (Å²) in [6, 6.07) is 5.19. The van der Waals surface area contributed by atoms with Crippen LogP contribution in [0, 0.1) is 0 Å². The third kappa shape index (κ3) is 2.76. The number of aryl methyl sites for hydroxylation is 1. The van der Waals surface area contributed by atoms with Crippen molar-refractivity contribution in [3.63, 3.8) is 0 Å². The molecular weight excluding hydrogens is 304 g/mol. The molecule has 2 aromatic rings. The standard InChI is InChI=1S/C12H10BrClN2O/c1-16-5-4-15-12(16)7-11(17)8-2-3-9(13)10(14)6-8/h2-6H,7H2,1H3. The average Bonchev–Trinajstić information content (AvgIpc) is 2.68. The van der Waals surface area contributed by atoms with E-state index in [2.05, 4.69) is 20.9 Å². The van der Waals surface area contributed by atoms with Crippen molar-refractivity contribution in [1.29, 1.82) is 0 Å². The van der Waals surface area contributed by atoms with Gasteiger partial charge in [0.25, 0.3) is 0 Å². The average molecular weight is 314 g/mol. The number of aromatic nitrogens is 2. The number of carbonyl (C=O) groups excluding carboxylic acids is 1. The highest BCUT2D eigenvalue weighted by atomic mass is 79.9. The molecule has 0 amide bonds. The summed E-state index contributed by atoms with van der Waals surface area (Å²) in [4.78, 5) is 16.1. The van der Waals surface area contributed by atoms with Crippen LogP contribution in [0.2, 0.25) is 5.02 Å². The van der Waals surface area contributed by atoms with E-state index in [-0.39, 0.29) is 12.2 Å². The van der Waals surface area contributed by atoms with Gasteiger partial charge in [-0.3, -0.25) is 4.79 Å². The Hall–Kier alpha value is -1.13. The molecule has 0 fully saturated rings. The van der Waals surface area contributed by atoms with Crippen LogP contribution in [0.25, 0.3) is 0 Å². The van der Waals surface area contributed by atoms with E-state index >= 15 is 0 Å². The lowest BCUT2D eigenvalue weighted by molar-refractivity contribution is 0.0990. The highest BCUT2D eigenvalue weighted by Crippen LogP contribution is 2.23. The molecule has 1 heterocycles. The van der Waals surface area contributed by atoms with Crippen LogP contribution in [0.5, 0.6) is 0 Å². The SMILES string of the molecule is Cn1ccnc1CC(=O)c1ccc(Br)c(Cl)c1. The Morgan fingerprint density at radius 1 is 1.53 bits per heavy atom. The summed E-state index contributed by atoms with van der Waals surface area (Å²) >= 11 is 9.24. The zero-order valence-corrected chi connectivity index (χ0v) is 11.5. The lowest BCUT2D eigenvalue weighted by Crippen LogP contribution is -2.08. The van der Waals surface area contributed by atoms with Crippen molar-refractivity contribution in [3.8, 4) is 0 Å². The second kappa shape index (κ2) is 5.02. The number of benzene rings is 1. The number of carbonyl (C=O) groups is 1. The zero-order valence-electron chi connectivity index (χ0n) is 9.15. The Bertz CT molecular complexity index is 565. The van der Waals surface area contributed by atoms with Gasteiger partial charge < -0.3 is 4.57 Å². The minimum Gasteiger partial charge on any atom is -0.338 e. The van der Waals surface area contributed by atoms with Crippen molar-refractivity contribution in [2.75, 3.05) is 0 Å². The second-order valence-electron chi connectivity index (χ2n) is 3.68. The van der Waals surface area contributed by atoms with E-state index in [9.17, 15) is 4.79 Å². The fourth-order valence-electron chi connectivity index (χ4n) is 1.48. The molecule has 3 nitrogen and oxygen atoms in total. The highest BCUT2D eigenvalue weighted by Gasteiger charge is 2.11. The van der Waals surface area contributed by atoms with Gasteiger partial charge in [0, 0.05) is 29.5 Å². The molecule has 1 aromatic carbocycles. The molecule has 0 saturated heterocycles. The molecule has 0 bridgehead atoms. The maximum absolute atomic E-state index is 12.0. The molecule has 0 aliphatic heterocycles. The molecule has 2 rings (SSSR count). The molecule has 1 aromatic heterocycles. The van der Waals surface area contributed by atoms with Gasteiger partial charge in [0.1, 0.15) is 5.82 Å². The molecule has 0 aliphatic carbocycles. The number of nitrogens with zero attached hydrogens (tertiary/aromatic N) is 2. The molecule has 0 spiro atoms. The van der Waals surface area contributed by atoms with Crippen LogP contribution < -0.4 is 0 Å². The zero-order chi connectivity index (χ0) is 12.4. The molecule has 0 unspecified atom stereocenters. The van der Waals surface area contributed by atoms with Gasteiger partial charge in [-0.25, -0.2) is 4.98 Å². The number of rotatable bonds is 3. The normalized spacial score (nSPS) is 10.5. The molecule has 0 saturated carbocycles. The van der Waals surface area contributed by atoms with E-state index in [1.165, 1.54) is 0 Å². The first-order chi connectivity index (χ1) is 8.08. The van der Waals surface area contributed by atoms with Gasteiger partial charge in [-0.1, -0.05) is 17.7 Å². The van der Waals surface area contributed by atoms with Gasteiger partial charge >= 0.3 is 0 Å². The monoisotopic (exact) mass is 312 g/mol. The predicted molar refractivity (Wildman–Crippen MR) is 70.4 cm³/mol. The van der Waals surface area contributed by atoms with Crippen LogP contribution in [-0.4, -0.2) is 15.3 Å². The van der Waals surface area contributed by atoms with Gasteiger partial charge in [-0.2, -0.15) is 0 Å². The Kier molecular flexibility index (Phi) is 3.64. The van der Waals surface area contributed by atoms with Crippen molar-refractivity contribution < 1.29 is 4.79 Å². The van der Waals surface area contributed by atoms with E-state index in [4.69, 9.17) is 11.6 Å². The molecule has 0 N–H and O–H groups in total. The van der Waals surface area contributed by atoms with Gasteiger partial charge in [0.2, 0.25) is 0 Å². The summed E-state index contributed by atoms with van der Waals surface area (Å²) in [5.74, 6) is 0.753. The predicted octanol–water partition coefficient (Wildman–Crippen LogP) is 3.26. The van der Waals surface area contributed by atoms with Crippen molar-refractivity contribution >= 4 is 33.3 Å². The van der Waals surface area contributed by atoms with Crippen molar-refractivity contribution in [1.82, 2.24) is 9.55 Å². The van der Waals surface area contributed by atoms with Crippen LogP contribution in [-0.2, 0) is 13.5 Å². The summed E-state index contributed by atoms with van der Waals surface area (Å²) in [6.07, 6.45) is 3.77. The number of imidazole rings is 1. The first-order valence-electron chi connectivity index (χ1n) is 5.02. The van der Waals surface area contributed by atoms with E-state index in [0.717, 1.165) is 10.3 Å². The highest BCUT2D eigenvalue weighted by molar-refractivity contribution is 9.10. The van der Waals surface area contributed by atoms with Crippen LogP contribution in [0.15, 0.2) is 35.1 Å². The van der Waals surface area contributed by atoms with E-state index in [0.29, 0.717) is 10.6 Å². The van der Waals surface area contributed by atoms with Crippen LogP contribution >= 0.6 is 27.5 Å². The van der Waals surface area contributed by atoms with Crippen molar-refractivity contribution in [3.05, 3.63) is 51.5 Å². The summed E-state index contributed by atoms with van der Waals surface area (Å²) in [7, 11) is 1.87. The minimum atomic E-state index is 0.00806. The quantitative estimate of drug-likeness (QED) is 0.815. The smallest absolute Gasteiger partial charge is 0.170 e. The minimum absolute atomic E-state index is 0.00806. The van der Waals surface area contributed by atoms with Gasteiger partial charge in [0.15, 0.2) is 5.78 Å². The van der Waals surface area contributed by atoms with Gasteiger partial charge in [-0.15, -0.1) is 0 Å². The summed E-state index contributed by atoms with van der Waals surface area (Å²) in [5, 5.41) is 0.538. The topological polar surface area (TPSA) is 34.9 Å². The number of Topliss-reactive ketones (excluding diaryl/α,β-unsaturated/α-hetero) is 1. The summed E-state index contributed by atoms with van der Waals surface area (Å²) in [6.45, 7) is 0. The van der Waals surface area contributed by atoms with E-state index < -0.39 is 0 Å². The van der Waals surface area contributed by atoms with Gasteiger partial charge in [0.05, 0.1) is 11.4 Å². The summed E-state index contributed by atoms with van der Waals surface area (Å²) < 4.78 is 2.62. The third-order valence-corrected chi connectivity index (χ3v) is 3.71. The lowest BCUT2D eigenvalue weighted by atomic mass is 10.1. The number of hydrogen-bond acceptors (Lipinski definition) is 2. The fourth-order valence-corrected chi connectivity index (χ4v) is 1.91. The number of ketones is 1. The molecule has 17 heavy (non-hydrogen) atoms. The van der Waals surface area contributed by atoms with Gasteiger partial charge in [-0.05, 0) is 28.1 Å². The van der Waals surface area contributed by atoms with Crippen molar-refractivity contribution in [2.45, 2.75) is 6.42 Å². The Balaban J connectivity index is 2.20. The largest absolute Gasteiger partial charge is 0.338 e. The third-order valence-electron chi connectivity index (χ3n) is 2.48.